The van der Waals surface area contributed by atoms with Crippen molar-refractivity contribution in [2.75, 3.05) is 6.61 Å². The molecule has 0 spiro atoms. The SMILES string of the molecule is O=[N+]([O-])c1ccn(CC(O)COc2ccc3ccccc3c2)n1. The molecule has 7 heteroatoms. The van der Waals surface area contributed by atoms with E-state index in [4.69, 9.17) is 4.74 Å². The van der Waals surface area contributed by atoms with Crippen LogP contribution in [0.4, 0.5) is 5.82 Å². The Labute approximate surface area is 131 Å². The van der Waals surface area contributed by atoms with Gasteiger partial charge in [-0.15, -0.1) is 0 Å². The Morgan fingerprint density at radius 2 is 2.00 bits per heavy atom. The van der Waals surface area contributed by atoms with E-state index in [0.717, 1.165) is 10.8 Å². The average Bonchev–Trinajstić information content (AvgIpc) is 3.01. The summed E-state index contributed by atoms with van der Waals surface area (Å²) in [6, 6.07) is 14.9. The maximum atomic E-state index is 10.6. The molecule has 2 aromatic carbocycles. The number of benzene rings is 2. The second kappa shape index (κ2) is 6.45. The Bertz CT molecular complexity index is 831. The number of rotatable bonds is 6. The van der Waals surface area contributed by atoms with Crippen LogP contribution in [0.2, 0.25) is 0 Å². The van der Waals surface area contributed by atoms with Crippen LogP contribution < -0.4 is 4.74 Å². The summed E-state index contributed by atoms with van der Waals surface area (Å²) in [7, 11) is 0. The van der Waals surface area contributed by atoms with Gasteiger partial charge in [-0.3, -0.25) is 0 Å². The van der Waals surface area contributed by atoms with Crippen molar-refractivity contribution in [1.82, 2.24) is 9.78 Å². The molecule has 1 atom stereocenters. The Morgan fingerprint density at radius 3 is 2.74 bits per heavy atom. The van der Waals surface area contributed by atoms with Crippen LogP contribution in [0.5, 0.6) is 5.75 Å². The van der Waals surface area contributed by atoms with Gasteiger partial charge < -0.3 is 20.0 Å². The monoisotopic (exact) mass is 313 g/mol. The summed E-state index contributed by atoms with van der Waals surface area (Å²) in [6.45, 7) is 0.202. The van der Waals surface area contributed by atoms with Crippen LogP contribution in [-0.2, 0) is 6.54 Å². The molecular formula is C16H15N3O4. The summed E-state index contributed by atoms with van der Waals surface area (Å²) in [6.07, 6.45) is 0.637. The minimum atomic E-state index is -0.819. The lowest BCUT2D eigenvalue weighted by Gasteiger charge is -2.11. The van der Waals surface area contributed by atoms with Crippen molar-refractivity contribution in [1.29, 1.82) is 0 Å². The molecule has 1 N–H and O–H groups in total. The van der Waals surface area contributed by atoms with Crippen LogP contribution in [0.3, 0.4) is 0 Å². The number of aliphatic hydroxyl groups is 1. The van der Waals surface area contributed by atoms with Crippen LogP contribution in [0, 0.1) is 10.1 Å². The Kier molecular flexibility index (Phi) is 4.20. The number of aromatic nitrogens is 2. The fourth-order valence-electron chi connectivity index (χ4n) is 2.27. The summed E-state index contributed by atoms with van der Waals surface area (Å²) >= 11 is 0. The molecule has 118 valence electrons. The van der Waals surface area contributed by atoms with Gasteiger partial charge in [0.15, 0.2) is 0 Å². The van der Waals surface area contributed by atoms with Gasteiger partial charge in [-0.25, -0.2) is 0 Å². The van der Waals surface area contributed by atoms with Gasteiger partial charge in [0.05, 0.1) is 23.9 Å². The van der Waals surface area contributed by atoms with E-state index >= 15 is 0 Å². The average molecular weight is 313 g/mol. The third-order valence-electron chi connectivity index (χ3n) is 3.37. The first-order valence-electron chi connectivity index (χ1n) is 7.09. The van der Waals surface area contributed by atoms with E-state index in [-0.39, 0.29) is 19.0 Å². The molecule has 7 nitrogen and oxygen atoms in total. The topological polar surface area (TPSA) is 90.4 Å². The van der Waals surface area contributed by atoms with Crippen molar-refractivity contribution in [3.63, 3.8) is 0 Å². The molecule has 1 aromatic heterocycles. The first-order valence-corrected chi connectivity index (χ1v) is 7.09. The fraction of sp³-hybridized carbons (Fsp3) is 0.188. The van der Waals surface area contributed by atoms with Gasteiger partial charge in [-0.1, -0.05) is 30.3 Å². The number of nitrogens with zero attached hydrogens (tertiary/aromatic N) is 3. The van der Waals surface area contributed by atoms with Crippen LogP contribution in [-0.4, -0.2) is 32.5 Å². The lowest BCUT2D eigenvalue weighted by Crippen LogP contribution is -2.23. The first kappa shape index (κ1) is 15.0. The van der Waals surface area contributed by atoms with Crippen molar-refractivity contribution in [2.45, 2.75) is 12.6 Å². The smallest absolute Gasteiger partial charge is 0.389 e. The van der Waals surface area contributed by atoms with Crippen LogP contribution >= 0.6 is 0 Å². The first-order chi connectivity index (χ1) is 11.1. The van der Waals surface area contributed by atoms with E-state index in [1.165, 1.54) is 16.9 Å². The minimum Gasteiger partial charge on any atom is -0.491 e. The van der Waals surface area contributed by atoms with Gasteiger partial charge in [0, 0.05) is 0 Å². The molecule has 0 saturated heterocycles. The lowest BCUT2D eigenvalue weighted by molar-refractivity contribution is -0.389. The highest BCUT2D eigenvalue weighted by Crippen LogP contribution is 2.20. The van der Waals surface area contributed by atoms with Crippen molar-refractivity contribution in [3.8, 4) is 5.75 Å². The molecule has 0 radical (unpaired) electrons. The zero-order chi connectivity index (χ0) is 16.2. The van der Waals surface area contributed by atoms with Gasteiger partial charge in [-0.2, -0.15) is 4.68 Å². The number of fused-ring (bicyclic) bond motifs is 1. The highest BCUT2D eigenvalue weighted by atomic mass is 16.6. The van der Waals surface area contributed by atoms with Crippen LogP contribution in [0.15, 0.2) is 54.7 Å². The molecule has 1 heterocycles. The number of nitro groups is 1. The zero-order valence-electron chi connectivity index (χ0n) is 12.2. The molecule has 0 aliphatic heterocycles. The molecule has 0 amide bonds. The molecule has 0 fully saturated rings. The quantitative estimate of drug-likeness (QED) is 0.557. The Morgan fingerprint density at radius 1 is 1.22 bits per heavy atom. The van der Waals surface area contributed by atoms with Crippen LogP contribution in [0.25, 0.3) is 10.8 Å². The standard InChI is InChI=1S/C16H15N3O4/c20-14(10-18-8-7-16(17-18)19(21)22)11-23-15-6-5-12-3-1-2-4-13(12)9-15/h1-9,14,20H,10-11H2. The van der Waals surface area contributed by atoms with E-state index < -0.39 is 11.0 Å². The summed E-state index contributed by atoms with van der Waals surface area (Å²) in [5.41, 5.74) is 0. The maximum absolute atomic E-state index is 10.6. The van der Waals surface area contributed by atoms with E-state index in [1.54, 1.807) is 0 Å². The normalized spacial score (nSPS) is 12.2. The lowest BCUT2D eigenvalue weighted by atomic mass is 10.1. The second-order valence-corrected chi connectivity index (χ2v) is 5.13. The summed E-state index contributed by atoms with van der Waals surface area (Å²) in [5, 5.41) is 26.5. The molecule has 0 bridgehead atoms. The second-order valence-electron chi connectivity index (χ2n) is 5.13. The predicted molar refractivity (Wildman–Crippen MR) is 84.3 cm³/mol. The predicted octanol–water partition coefficient (Wildman–Crippen LogP) is 2.38. The highest BCUT2D eigenvalue weighted by Gasteiger charge is 2.14. The summed E-state index contributed by atoms with van der Waals surface area (Å²) in [4.78, 5) is 9.99. The third kappa shape index (κ3) is 3.64. The van der Waals surface area contributed by atoms with Gasteiger partial charge in [0.2, 0.25) is 0 Å². The minimum absolute atomic E-state index is 0.0754. The number of ether oxygens (including phenoxy) is 1. The van der Waals surface area contributed by atoms with Crippen molar-refractivity contribution in [2.24, 2.45) is 0 Å². The van der Waals surface area contributed by atoms with E-state index in [1.807, 2.05) is 42.5 Å². The van der Waals surface area contributed by atoms with Gasteiger partial charge in [0.25, 0.3) is 0 Å². The van der Waals surface area contributed by atoms with E-state index in [9.17, 15) is 15.2 Å². The molecule has 23 heavy (non-hydrogen) atoms. The Balaban J connectivity index is 1.58. The number of aliphatic hydroxyl groups excluding tert-OH is 1. The van der Waals surface area contributed by atoms with Crippen molar-refractivity contribution >= 4 is 16.6 Å². The summed E-state index contributed by atoms with van der Waals surface area (Å²) < 4.78 is 6.90. The van der Waals surface area contributed by atoms with Gasteiger partial charge in [0.1, 0.15) is 18.5 Å². The Hall–Kier alpha value is -2.93. The third-order valence-corrected chi connectivity index (χ3v) is 3.37. The molecule has 3 rings (SSSR count). The van der Waals surface area contributed by atoms with E-state index in [0.29, 0.717) is 5.75 Å². The molecule has 0 aliphatic rings. The van der Waals surface area contributed by atoms with Gasteiger partial charge in [-0.05, 0) is 27.8 Å². The molecule has 1 unspecified atom stereocenters. The van der Waals surface area contributed by atoms with Crippen molar-refractivity contribution < 1.29 is 14.8 Å². The number of hydrogen-bond acceptors (Lipinski definition) is 5. The highest BCUT2D eigenvalue weighted by molar-refractivity contribution is 5.83. The summed E-state index contributed by atoms with van der Waals surface area (Å²) in [5.74, 6) is 0.418. The molecule has 0 aliphatic carbocycles. The fourth-order valence-corrected chi connectivity index (χ4v) is 2.27. The van der Waals surface area contributed by atoms with Crippen LogP contribution in [0.1, 0.15) is 0 Å². The number of hydrogen-bond donors (Lipinski definition) is 1. The van der Waals surface area contributed by atoms with Crippen molar-refractivity contribution in [3.05, 3.63) is 64.8 Å². The molecule has 3 aromatic rings. The molecular weight excluding hydrogens is 298 g/mol. The maximum Gasteiger partial charge on any atom is 0.389 e. The van der Waals surface area contributed by atoms with E-state index in [2.05, 4.69) is 5.10 Å². The molecule has 0 saturated carbocycles. The largest absolute Gasteiger partial charge is 0.491 e. The zero-order valence-corrected chi connectivity index (χ0v) is 12.2. The van der Waals surface area contributed by atoms with Gasteiger partial charge >= 0.3 is 5.82 Å².